The number of nitrogens with zero attached hydrogens (tertiary/aromatic N) is 16. The number of carbonyl (C=O) groups is 2. The van der Waals surface area contributed by atoms with Crippen molar-refractivity contribution in [3.8, 4) is 73.4 Å². The number of aryl methyl sites for hydroxylation is 4. The Hall–Kier alpha value is -14.3. The van der Waals surface area contributed by atoms with Gasteiger partial charge < -0.3 is 61.5 Å². The summed E-state index contributed by atoms with van der Waals surface area (Å²) >= 11 is 25.2. The second-order valence-corrected chi connectivity index (χ2v) is 33.1. The number of pyridine rings is 2. The quantitative estimate of drug-likeness (QED) is 0.0406. The van der Waals surface area contributed by atoms with Gasteiger partial charge in [-0.1, -0.05) is 52.5 Å². The number of phenols is 4. The van der Waals surface area contributed by atoms with Crippen molar-refractivity contribution in [2.24, 2.45) is 0 Å². The van der Waals surface area contributed by atoms with Gasteiger partial charge in [0, 0.05) is 117 Å². The fourth-order valence-electron chi connectivity index (χ4n) is 13.1. The molecule has 1 aliphatic heterocycles. The van der Waals surface area contributed by atoms with Crippen LogP contribution in [0.3, 0.4) is 0 Å². The van der Waals surface area contributed by atoms with Crippen molar-refractivity contribution in [1.82, 2.24) is 75.6 Å². The van der Waals surface area contributed by atoms with E-state index < -0.39 is 9.52 Å². The highest BCUT2D eigenvalue weighted by Crippen LogP contribution is 2.39. The predicted molar refractivity (Wildman–Crippen MR) is 487 cm³/mol. The van der Waals surface area contributed by atoms with E-state index in [1.165, 1.54) is 19.1 Å². The number of halogens is 4. The van der Waals surface area contributed by atoms with Crippen molar-refractivity contribution in [2.75, 3.05) is 77.3 Å². The van der Waals surface area contributed by atoms with Crippen molar-refractivity contribution >= 4 is 176 Å². The average Bonchev–Trinajstić information content (AvgIpc) is 0.797. The number of hydrogen-bond acceptors (Lipinski definition) is 27. The van der Waals surface area contributed by atoms with Gasteiger partial charge in [-0.25, -0.2) is 29.9 Å². The van der Waals surface area contributed by atoms with Gasteiger partial charge in [-0.2, -0.15) is 0 Å². The Bertz CT molecular complexity index is 6840. The van der Waals surface area contributed by atoms with Crippen molar-refractivity contribution in [2.45, 2.75) is 34.6 Å². The summed E-state index contributed by atoms with van der Waals surface area (Å²) < 4.78 is 17.1. The molecule has 1 saturated heterocycles. The summed E-state index contributed by atoms with van der Waals surface area (Å²) in [6, 6.07) is 56.5. The van der Waals surface area contributed by atoms with E-state index in [0.29, 0.717) is 141 Å². The van der Waals surface area contributed by atoms with E-state index in [2.05, 4.69) is 103 Å². The van der Waals surface area contributed by atoms with Crippen molar-refractivity contribution < 1.29 is 39.0 Å². The molecule has 1 aliphatic rings. The molecule has 1 fully saturated rings. The minimum absolute atomic E-state index is 0.0849. The fraction of sp³-hybridized carbons (Fsp3) is 0.135. The molecule has 0 saturated carbocycles. The second kappa shape index (κ2) is 37.1. The van der Waals surface area contributed by atoms with Crippen LogP contribution in [0, 0.1) is 27.7 Å². The first-order valence-electron chi connectivity index (χ1n) is 37.9. The number of methoxy groups -OCH3 is 1. The van der Waals surface area contributed by atoms with Crippen LogP contribution in [0.25, 0.3) is 88.6 Å². The third-order valence-electron chi connectivity index (χ3n) is 19.3. The highest BCUT2D eigenvalue weighted by molar-refractivity contribution is 8.00. The zero-order valence-electron chi connectivity index (χ0n) is 67.2. The molecule has 29 nitrogen and oxygen atoms in total. The Morgan fingerprint density at radius 2 is 0.797 bits per heavy atom. The van der Waals surface area contributed by atoms with Crippen LogP contribution in [0.2, 0.25) is 20.1 Å². The number of rotatable bonds is 16. The van der Waals surface area contributed by atoms with E-state index in [1.54, 1.807) is 128 Å². The molecular formula is C89H77Cl4N21O8S. The zero-order valence-corrected chi connectivity index (χ0v) is 71.0. The molecule has 0 spiro atoms. The van der Waals surface area contributed by atoms with Gasteiger partial charge >= 0.3 is 0 Å². The molecule has 0 unspecified atom stereocenters. The van der Waals surface area contributed by atoms with E-state index in [9.17, 15) is 34.2 Å². The van der Waals surface area contributed by atoms with Crippen molar-refractivity contribution in [1.29, 1.82) is 0 Å². The topological polar surface area (TPSA) is 388 Å². The molecule has 9 N–H and O–H groups in total. The summed E-state index contributed by atoms with van der Waals surface area (Å²) in [4.78, 5) is 54.3. The number of aromatic hydroxyl groups is 4. The Labute approximate surface area is 725 Å². The fourth-order valence-corrected chi connectivity index (χ4v) is 15.4. The maximum absolute atomic E-state index is 12.8. The van der Waals surface area contributed by atoms with Crippen molar-refractivity contribution in [3.05, 3.63) is 254 Å². The summed E-state index contributed by atoms with van der Waals surface area (Å²) in [5.41, 5.74) is 19.8. The third kappa shape index (κ3) is 20.9. The zero-order chi connectivity index (χ0) is 86.9. The summed E-state index contributed by atoms with van der Waals surface area (Å²) in [7, 11) is 3.50. The van der Waals surface area contributed by atoms with Gasteiger partial charge in [0.25, 0.3) is 5.91 Å². The molecular weight excluding hydrogens is 1660 g/mol. The predicted octanol–water partition coefficient (Wildman–Crippen LogP) is 18.4. The number of aromatic nitrogens is 14. The number of hydrogen-bond donors (Lipinski definition) is 9. The molecule has 34 heteroatoms. The van der Waals surface area contributed by atoms with Crippen LogP contribution < -0.4 is 36.2 Å². The largest absolute Gasteiger partial charge is 0.508 e. The number of phenolic OH excluding ortho intramolecular Hbond substituents is 4. The van der Waals surface area contributed by atoms with Crippen molar-refractivity contribution in [3.63, 3.8) is 0 Å². The molecule has 6 aromatic heterocycles. The number of fused-ring (bicyclic) bond motifs is 4. The van der Waals surface area contributed by atoms with E-state index >= 15 is 0 Å². The Kier molecular flexibility index (Phi) is 25.7. The summed E-state index contributed by atoms with van der Waals surface area (Å²) in [5, 5.41) is 90.4. The number of ether oxygens (including phenoxy) is 1. The van der Waals surface area contributed by atoms with E-state index in [0.717, 1.165) is 83.7 Å². The van der Waals surface area contributed by atoms with Gasteiger partial charge in [-0.05, 0) is 270 Å². The monoisotopic (exact) mass is 1740 g/mol. The lowest BCUT2D eigenvalue weighted by Crippen LogP contribution is -2.43. The first-order chi connectivity index (χ1) is 59.0. The molecule has 0 aliphatic carbocycles. The normalized spacial score (nSPS) is 12.1. The third-order valence-corrected chi connectivity index (χ3v) is 22.5. The Morgan fingerprint density at radius 3 is 1.14 bits per heavy atom. The lowest BCUT2D eigenvalue weighted by molar-refractivity contribution is -0.114. The van der Waals surface area contributed by atoms with Crippen LogP contribution in [0.1, 0.15) is 39.5 Å². The van der Waals surface area contributed by atoms with Crippen LogP contribution in [0.5, 0.6) is 28.9 Å². The Morgan fingerprint density at radius 1 is 0.439 bits per heavy atom. The summed E-state index contributed by atoms with van der Waals surface area (Å²) in [5.74, 6) is 7.34. The van der Waals surface area contributed by atoms with Crippen LogP contribution in [-0.4, -0.2) is 164 Å². The van der Waals surface area contributed by atoms with Crippen LogP contribution in [0.4, 0.5) is 58.0 Å². The first-order valence-corrected chi connectivity index (χ1v) is 41.5. The first kappa shape index (κ1) is 85.1. The van der Waals surface area contributed by atoms with E-state index in [-0.39, 0.29) is 34.8 Å². The van der Waals surface area contributed by atoms with Gasteiger partial charge in [0.05, 0.1) is 52.9 Å². The molecule has 0 atom stereocenters. The number of benzene rings is 10. The molecule has 123 heavy (non-hydrogen) atoms. The SMILES string of the molecule is C=S1(=O)CCN(C(=O)c2ccc(Nc3nnc4cc(-c5cc(O)ccc5Cl)cc(C)c4n3)cc2)CC1.CC(=O)Nc1ccc(Nc2nnc3cc(-c4cc(O)ccc4Cl)cc(C)c3n2)cn1.COc1ccc(Nc2nnc3cc(-c4cc(O)ccc4Cl)cc(C)c3n2)cn1.Cc1cc(-c2cc(O)ccc2Cl)cc2nnc(Nc3cccc(N(C)C)c3)nc12. The summed E-state index contributed by atoms with van der Waals surface area (Å²) in [6.07, 6.45) is 3.20. The molecule has 16 aromatic rings. The lowest BCUT2D eigenvalue weighted by atomic mass is 10.0. The maximum Gasteiger partial charge on any atom is 0.253 e. The molecule has 10 aromatic carbocycles. The Balaban J connectivity index is 0.000000134. The van der Waals surface area contributed by atoms with Gasteiger partial charge in [0.15, 0.2) is 0 Å². The molecule has 0 bridgehead atoms. The number of amides is 2. The van der Waals surface area contributed by atoms with Crippen LogP contribution in [-0.2, 0) is 14.3 Å². The molecule has 620 valence electrons. The summed E-state index contributed by atoms with van der Waals surface area (Å²) in [6.45, 7) is 10.1. The number of carbonyl (C=O) groups excluding carboxylic acids is 2. The average molecular weight is 1740 g/mol. The molecule has 0 radical (unpaired) electrons. The molecule has 2 amide bonds. The van der Waals surface area contributed by atoms with Crippen LogP contribution >= 0.6 is 46.4 Å². The minimum atomic E-state index is -2.05. The minimum Gasteiger partial charge on any atom is -0.508 e. The van der Waals surface area contributed by atoms with Gasteiger partial charge in [-0.15, -0.1) is 40.8 Å². The lowest BCUT2D eigenvalue weighted by Gasteiger charge is -2.29. The van der Waals surface area contributed by atoms with Gasteiger partial charge in [0.2, 0.25) is 35.6 Å². The second-order valence-electron chi connectivity index (χ2n) is 28.7. The molecule has 17 rings (SSSR count). The highest BCUT2D eigenvalue weighted by Gasteiger charge is 2.24. The van der Waals surface area contributed by atoms with Crippen LogP contribution in [0.15, 0.2) is 207 Å². The molecule has 7 heterocycles. The van der Waals surface area contributed by atoms with Gasteiger partial charge in [-0.3, -0.25) is 13.8 Å². The highest BCUT2D eigenvalue weighted by atomic mass is 35.5. The van der Waals surface area contributed by atoms with Gasteiger partial charge in [0.1, 0.15) is 50.9 Å². The van der Waals surface area contributed by atoms with E-state index in [4.69, 9.17) is 51.1 Å². The standard InChI is InChI=1S/C26H24ClN5O3S.C22H20ClN5O.C21H17ClN6O2.C20H16ClN5O2/c1-16-13-18(21-15-20(33)7-8-22(21)27)14-23-24(16)29-26(31-30-23)28-19-5-3-17(4-6-19)25(34)32-9-11-36(2,35)12-10-32;1-13-9-14(18-12-17(29)7-8-19(18)23)10-20-21(13)25-22(27-26-20)24-15-5-4-6-16(11-15)28(2)3;1-11-7-13(16-9-15(30)4-5-17(16)22)8-18-20(11)26-21(28-27-18)25-14-3-6-19(23-10-14)24-12(2)29;1-11-7-12(15-9-14(27)4-5-16(15)21)8-17-19(11)24-20(26-25-17)23-13-3-6-18(28-2)22-10-13/h3-8,13-15,33H,2,9-12H2,1H3,(H,28,29,31);4-12,29H,1-3H3,(H,24,25,27);3-10,30H,1-2H3,(H,23,24,29)(H,25,26,28);3-10,27H,1-2H3,(H,23,24,26). The number of nitrogens with one attached hydrogen (secondary N) is 5. The smallest absolute Gasteiger partial charge is 0.253 e. The number of anilines is 10. The maximum atomic E-state index is 12.8. The van der Waals surface area contributed by atoms with E-state index in [1.807, 2.05) is 126 Å².